The molecule has 0 bridgehead atoms. The molecule has 0 amide bonds. The van der Waals surface area contributed by atoms with Gasteiger partial charge in [-0.05, 0) is 47.8 Å². The molecule has 0 saturated carbocycles. The third-order valence-corrected chi connectivity index (χ3v) is 11.5. The molecule has 0 unspecified atom stereocenters. The quantitative estimate of drug-likeness (QED) is 0.435. The molecule has 0 aliphatic carbocycles. The second kappa shape index (κ2) is 12.5. The molecule has 2 aromatic rings. The Morgan fingerprint density at radius 1 is 0.944 bits per heavy atom. The Hall–Kier alpha value is -1.94. The molecule has 200 valence electrons. The molecule has 0 aromatic heterocycles. The highest BCUT2D eigenvalue weighted by Crippen LogP contribution is 2.41. The van der Waals surface area contributed by atoms with Gasteiger partial charge in [0.1, 0.15) is 29.8 Å². The van der Waals surface area contributed by atoms with Crippen LogP contribution >= 0.6 is 0 Å². The summed E-state index contributed by atoms with van der Waals surface area (Å²) in [6.07, 6.45) is -2.05. The third kappa shape index (κ3) is 6.88. The Labute approximate surface area is 216 Å². The molecular formula is C28H42O7Si. The predicted octanol–water partition coefficient (Wildman–Crippen LogP) is 4.84. The van der Waals surface area contributed by atoms with Gasteiger partial charge in [-0.3, -0.25) is 0 Å². The van der Waals surface area contributed by atoms with Gasteiger partial charge in [-0.2, -0.15) is 0 Å². The summed E-state index contributed by atoms with van der Waals surface area (Å²) < 4.78 is 30.7. The van der Waals surface area contributed by atoms with Crippen LogP contribution in [0.25, 0.3) is 0 Å². The molecule has 4 atom stereocenters. The van der Waals surface area contributed by atoms with E-state index in [0.29, 0.717) is 12.4 Å². The van der Waals surface area contributed by atoms with Crippen LogP contribution in [0.15, 0.2) is 54.6 Å². The van der Waals surface area contributed by atoms with Gasteiger partial charge in [-0.25, -0.2) is 0 Å². The number of hydrogen-bond acceptors (Lipinski definition) is 7. The molecule has 0 radical (unpaired) electrons. The minimum absolute atomic E-state index is 0.101. The smallest absolute Gasteiger partial charge is 0.344 e. The summed E-state index contributed by atoms with van der Waals surface area (Å²) in [5.74, 6) is 1.42. The number of hydrogen-bond donors (Lipinski definition) is 2. The zero-order valence-electron chi connectivity index (χ0n) is 22.3. The molecule has 3 rings (SSSR count). The maximum absolute atomic E-state index is 11.5. The number of aliphatic hydroxyl groups excluding tert-OH is 1. The van der Waals surface area contributed by atoms with Crippen molar-refractivity contribution in [3.8, 4) is 11.5 Å². The second-order valence-corrected chi connectivity index (χ2v) is 14.6. The van der Waals surface area contributed by atoms with Crippen LogP contribution in [0.5, 0.6) is 11.5 Å². The highest BCUT2D eigenvalue weighted by molar-refractivity contribution is 6.70. The van der Waals surface area contributed by atoms with Crippen LogP contribution in [-0.4, -0.2) is 63.0 Å². The maximum atomic E-state index is 11.5. The van der Waals surface area contributed by atoms with Crippen molar-refractivity contribution < 1.29 is 33.3 Å². The number of ether oxygens (including phenoxy) is 3. The van der Waals surface area contributed by atoms with Gasteiger partial charge in [-0.1, -0.05) is 58.0 Å². The molecular weight excluding hydrogens is 476 g/mol. The van der Waals surface area contributed by atoms with Gasteiger partial charge in [0.25, 0.3) is 0 Å². The van der Waals surface area contributed by atoms with Crippen molar-refractivity contribution in [1.82, 2.24) is 0 Å². The van der Waals surface area contributed by atoms with Crippen LogP contribution in [-0.2, 0) is 20.2 Å². The van der Waals surface area contributed by atoms with Crippen molar-refractivity contribution >= 4 is 8.56 Å². The van der Waals surface area contributed by atoms with Crippen LogP contribution in [0.3, 0.4) is 0 Å². The lowest BCUT2D eigenvalue weighted by atomic mass is 9.89. The zero-order valence-corrected chi connectivity index (χ0v) is 23.3. The first-order chi connectivity index (χ1) is 17.1. The molecule has 2 aromatic carbocycles. The summed E-state index contributed by atoms with van der Waals surface area (Å²) in [7, 11) is -1.28. The van der Waals surface area contributed by atoms with Gasteiger partial charge in [0, 0.05) is 6.42 Å². The minimum atomic E-state index is -2.90. The van der Waals surface area contributed by atoms with Gasteiger partial charge >= 0.3 is 8.56 Å². The zero-order chi connectivity index (χ0) is 26.3. The van der Waals surface area contributed by atoms with Crippen LogP contribution in [0.4, 0.5) is 0 Å². The van der Waals surface area contributed by atoms with E-state index in [1.54, 1.807) is 14.0 Å². The van der Waals surface area contributed by atoms with E-state index in [4.69, 9.17) is 23.1 Å². The molecule has 0 spiro atoms. The minimum Gasteiger partial charge on any atom is -0.497 e. The first kappa shape index (κ1) is 28.6. The molecule has 1 fully saturated rings. The number of rotatable bonds is 10. The molecule has 1 aliphatic heterocycles. The van der Waals surface area contributed by atoms with E-state index in [1.165, 1.54) is 0 Å². The number of aliphatic hydroxyl groups is 2. The Kier molecular flexibility index (Phi) is 9.97. The fraction of sp³-hybridized carbons (Fsp3) is 0.571. The van der Waals surface area contributed by atoms with Crippen molar-refractivity contribution in [2.75, 3.05) is 20.3 Å². The summed E-state index contributed by atoms with van der Waals surface area (Å²) in [6.45, 7) is 10.8. The molecule has 1 aliphatic rings. The van der Waals surface area contributed by atoms with Crippen molar-refractivity contribution in [1.29, 1.82) is 0 Å². The van der Waals surface area contributed by atoms with Gasteiger partial charge < -0.3 is 33.3 Å². The van der Waals surface area contributed by atoms with E-state index >= 15 is 0 Å². The second-order valence-electron chi connectivity index (χ2n) is 10.3. The van der Waals surface area contributed by atoms with Gasteiger partial charge in [-0.15, -0.1) is 0 Å². The van der Waals surface area contributed by atoms with Gasteiger partial charge in [0.2, 0.25) is 0 Å². The average Bonchev–Trinajstić information content (AvgIpc) is 2.85. The largest absolute Gasteiger partial charge is 0.497 e. The van der Waals surface area contributed by atoms with Crippen LogP contribution in [0, 0.1) is 0 Å². The Balaban J connectivity index is 1.79. The normalized spacial score (nSPS) is 26.4. The maximum Gasteiger partial charge on any atom is 0.344 e. The van der Waals surface area contributed by atoms with Gasteiger partial charge in [0.05, 0.1) is 32.5 Å². The van der Waals surface area contributed by atoms with E-state index in [-0.39, 0.29) is 30.7 Å². The SMILES string of the molecule is COc1ccc(OC[C@@H]2C[C@@H](O)[C@@](C)(O)[C@H](COCc3ccccc3)O[Si](C(C)C)(C(C)C)O2)cc1. The first-order valence-electron chi connectivity index (χ1n) is 12.7. The fourth-order valence-electron chi connectivity index (χ4n) is 4.62. The number of methoxy groups -OCH3 is 1. The Bertz CT molecular complexity index is 909. The van der Waals surface area contributed by atoms with Crippen molar-refractivity contribution in [3.63, 3.8) is 0 Å². The van der Waals surface area contributed by atoms with Crippen molar-refractivity contribution in [3.05, 3.63) is 60.2 Å². The summed E-state index contributed by atoms with van der Waals surface area (Å²) in [5.41, 5.74) is -0.292. The van der Waals surface area contributed by atoms with Crippen LogP contribution in [0.1, 0.15) is 46.6 Å². The fourth-order valence-corrected chi connectivity index (χ4v) is 8.53. The van der Waals surface area contributed by atoms with Gasteiger partial charge in [0.15, 0.2) is 0 Å². The van der Waals surface area contributed by atoms with Crippen molar-refractivity contribution in [2.45, 2.75) is 82.6 Å². The molecule has 1 saturated heterocycles. The summed E-state index contributed by atoms with van der Waals surface area (Å²) in [4.78, 5) is 0. The van der Waals surface area contributed by atoms with E-state index in [2.05, 4.69) is 27.7 Å². The van der Waals surface area contributed by atoms with Crippen LogP contribution in [0.2, 0.25) is 11.1 Å². The lowest BCUT2D eigenvalue weighted by Gasteiger charge is -2.49. The molecule has 7 nitrogen and oxygen atoms in total. The first-order valence-corrected chi connectivity index (χ1v) is 14.7. The highest BCUT2D eigenvalue weighted by atomic mass is 28.4. The average molecular weight is 519 g/mol. The summed E-state index contributed by atoms with van der Waals surface area (Å²) in [5, 5.41) is 22.6. The highest BCUT2D eigenvalue weighted by Gasteiger charge is 2.55. The predicted molar refractivity (Wildman–Crippen MR) is 142 cm³/mol. The third-order valence-electron chi connectivity index (χ3n) is 6.98. The summed E-state index contributed by atoms with van der Waals surface area (Å²) in [6, 6.07) is 17.2. The van der Waals surface area contributed by atoms with E-state index in [0.717, 1.165) is 11.3 Å². The Morgan fingerprint density at radius 2 is 1.56 bits per heavy atom. The monoisotopic (exact) mass is 518 g/mol. The molecule has 36 heavy (non-hydrogen) atoms. The number of benzene rings is 2. The van der Waals surface area contributed by atoms with Crippen LogP contribution < -0.4 is 9.47 Å². The van der Waals surface area contributed by atoms with E-state index < -0.39 is 32.5 Å². The Morgan fingerprint density at radius 3 is 2.14 bits per heavy atom. The van der Waals surface area contributed by atoms with Crippen molar-refractivity contribution in [2.24, 2.45) is 0 Å². The lowest BCUT2D eigenvalue weighted by molar-refractivity contribution is -0.177. The molecule has 8 heteroatoms. The lowest BCUT2D eigenvalue weighted by Crippen LogP contribution is -2.64. The summed E-state index contributed by atoms with van der Waals surface area (Å²) >= 11 is 0. The standard InChI is InChI=1S/C28H42O7Si/c1-20(2)36(21(3)4)34-25(18-33-24-14-12-23(31-6)13-15-24)16-26(29)28(5,30)27(35-36)19-32-17-22-10-8-7-9-11-22/h7-15,20-21,25-27,29-30H,16-19H2,1-6H3/t25-,26+,27-,28+/m0/s1. The molecule has 1 heterocycles. The van der Waals surface area contributed by atoms with E-state index in [1.807, 2.05) is 54.6 Å². The topological polar surface area (TPSA) is 86.6 Å². The van der Waals surface area contributed by atoms with E-state index in [9.17, 15) is 10.2 Å². The molecule has 2 N–H and O–H groups in total.